The number of hydrogen-bond donors (Lipinski definition) is 2. The highest BCUT2D eigenvalue weighted by molar-refractivity contribution is 7.80. The molecule has 1 aliphatic heterocycles. The van der Waals surface area contributed by atoms with Gasteiger partial charge in [0.2, 0.25) is 5.95 Å². The summed E-state index contributed by atoms with van der Waals surface area (Å²) in [7, 11) is 0. The van der Waals surface area contributed by atoms with Crippen molar-refractivity contribution in [3.63, 3.8) is 0 Å². The van der Waals surface area contributed by atoms with Crippen LogP contribution in [0.3, 0.4) is 0 Å². The van der Waals surface area contributed by atoms with Crippen LogP contribution in [-0.2, 0) is 4.74 Å². The van der Waals surface area contributed by atoms with E-state index in [0.29, 0.717) is 27.4 Å². The molecule has 0 aliphatic carbocycles. The summed E-state index contributed by atoms with van der Waals surface area (Å²) in [6, 6.07) is 4.91. The summed E-state index contributed by atoms with van der Waals surface area (Å²) in [5.74, 6) is 0.430. The Hall–Kier alpha value is -2.42. The van der Waals surface area contributed by atoms with Crippen molar-refractivity contribution in [2.24, 2.45) is 10.7 Å². The molecule has 0 saturated heterocycles. The van der Waals surface area contributed by atoms with Gasteiger partial charge in [0.15, 0.2) is 0 Å². The summed E-state index contributed by atoms with van der Waals surface area (Å²) >= 11 is 17.7. The Bertz CT molecular complexity index is 1100. The maximum absolute atomic E-state index is 12.1. The summed E-state index contributed by atoms with van der Waals surface area (Å²) in [5, 5.41) is 3.79. The third-order valence-corrected chi connectivity index (χ3v) is 5.23. The number of aliphatic imine (C=N–C) groups is 1. The first-order valence-electron chi connectivity index (χ1n) is 9.51. The SMILES string of the molecule is CC1=Nc2nc(C(N)=S)cn2C(c2ccc(Cl)cc2Cl)C=C1CNC(=O)OC(C)(C)C. The Kier molecular flexibility index (Phi) is 6.73. The van der Waals surface area contributed by atoms with Crippen LogP contribution in [0.1, 0.15) is 45.0 Å². The molecule has 31 heavy (non-hydrogen) atoms. The minimum atomic E-state index is -0.594. The smallest absolute Gasteiger partial charge is 0.407 e. The molecule has 0 bridgehead atoms. The van der Waals surface area contributed by atoms with Crippen LogP contribution in [-0.4, -0.2) is 38.5 Å². The first-order chi connectivity index (χ1) is 14.4. The standard InChI is InChI=1S/C21H23Cl2N5O2S/c1-11-12(9-25-20(29)30-21(2,3)4)7-17(14-6-5-13(22)8-15(14)23)28-10-16(18(24)31)27-19(28)26-11/h5-8,10,17H,9H2,1-4H3,(H2,24,31)(H,25,29). The molecule has 1 amide bonds. The maximum atomic E-state index is 12.1. The fourth-order valence-corrected chi connectivity index (χ4v) is 3.67. The molecule has 164 valence electrons. The Labute approximate surface area is 196 Å². The molecule has 3 N–H and O–H groups in total. The van der Waals surface area contributed by atoms with Gasteiger partial charge in [-0.15, -0.1) is 0 Å². The zero-order valence-electron chi connectivity index (χ0n) is 17.6. The molecule has 3 rings (SSSR count). The van der Waals surface area contributed by atoms with Crippen LogP contribution in [0.15, 0.2) is 41.0 Å². The molecule has 2 heterocycles. The molecule has 0 radical (unpaired) electrons. The molecule has 1 aromatic heterocycles. The van der Waals surface area contributed by atoms with Crippen molar-refractivity contribution in [1.82, 2.24) is 14.9 Å². The topological polar surface area (TPSA) is 94.5 Å². The third-order valence-electron chi connectivity index (χ3n) is 4.46. The highest BCUT2D eigenvalue weighted by Crippen LogP contribution is 2.35. The summed E-state index contributed by atoms with van der Waals surface area (Å²) in [4.78, 5) is 21.4. The number of halogens is 2. The number of benzene rings is 1. The van der Waals surface area contributed by atoms with Gasteiger partial charge in [0.1, 0.15) is 16.3 Å². The van der Waals surface area contributed by atoms with Crippen LogP contribution >= 0.6 is 35.4 Å². The number of alkyl carbamates (subject to hydrolysis) is 1. The van der Waals surface area contributed by atoms with E-state index >= 15 is 0 Å². The molecule has 1 unspecified atom stereocenters. The number of ether oxygens (including phenoxy) is 1. The molecule has 0 saturated carbocycles. The van der Waals surface area contributed by atoms with E-state index in [1.807, 2.05) is 23.6 Å². The van der Waals surface area contributed by atoms with Crippen molar-refractivity contribution >= 4 is 58.2 Å². The van der Waals surface area contributed by atoms with E-state index in [0.717, 1.165) is 11.1 Å². The number of nitrogens with one attached hydrogen (secondary N) is 1. The first kappa shape index (κ1) is 23.2. The number of allylic oxidation sites excluding steroid dienone is 1. The number of hydrogen-bond acceptors (Lipinski definition) is 5. The van der Waals surface area contributed by atoms with Gasteiger partial charge in [-0.25, -0.2) is 14.8 Å². The molecule has 0 spiro atoms. The summed E-state index contributed by atoms with van der Waals surface area (Å²) in [5.41, 5.74) is 7.92. The lowest BCUT2D eigenvalue weighted by Gasteiger charge is -2.20. The van der Waals surface area contributed by atoms with Crippen LogP contribution in [0.5, 0.6) is 0 Å². The Morgan fingerprint density at radius 2 is 2.06 bits per heavy atom. The number of aromatic nitrogens is 2. The number of imidazole rings is 1. The van der Waals surface area contributed by atoms with E-state index in [2.05, 4.69) is 15.3 Å². The first-order valence-corrected chi connectivity index (χ1v) is 10.7. The Balaban J connectivity index is 2.02. The molecule has 1 aromatic carbocycles. The van der Waals surface area contributed by atoms with Crippen molar-refractivity contribution in [3.8, 4) is 0 Å². The van der Waals surface area contributed by atoms with Gasteiger partial charge in [0, 0.05) is 28.5 Å². The quantitative estimate of drug-likeness (QED) is 0.603. The number of fused-ring (bicyclic) bond motifs is 1. The highest BCUT2D eigenvalue weighted by atomic mass is 35.5. The van der Waals surface area contributed by atoms with Gasteiger partial charge < -0.3 is 20.4 Å². The molecule has 1 atom stereocenters. The van der Waals surface area contributed by atoms with E-state index in [-0.39, 0.29) is 17.6 Å². The number of thiocarbonyl (C=S) groups is 1. The second kappa shape index (κ2) is 8.98. The van der Waals surface area contributed by atoms with Gasteiger partial charge in [-0.3, -0.25) is 0 Å². The number of nitrogens with two attached hydrogens (primary N) is 1. The summed E-state index contributed by atoms with van der Waals surface area (Å²) < 4.78 is 7.17. The summed E-state index contributed by atoms with van der Waals surface area (Å²) in [6.45, 7) is 7.48. The van der Waals surface area contributed by atoms with E-state index in [9.17, 15) is 4.79 Å². The average Bonchev–Trinajstić information content (AvgIpc) is 3.00. The van der Waals surface area contributed by atoms with Crippen molar-refractivity contribution < 1.29 is 9.53 Å². The lowest BCUT2D eigenvalue weighted by molar-refractivity contribution is 0.0533. The second-order valence-corrected chi connectivity index (χ2v) is 9.34. The molecule has 0 fully saturated rings. The summed E-state index contributed by atoms with van der Waals surface area (Å²) in [6.07, 6.45) is 3.19. The fourth-order valence-electron chi connectivity index (χ4n) is 3.05. The molecule has 7 nitrogen and oxygen atoms in total. The van der Waals surface area contributed by atoms with Crippen molar-refractivity contribution in [3.05, 3.63) is 57.3 Å². The molecule has 2 aromatic rings. The minimum Gasteiger partial charge on any atom is -0.444 e. The van der Waals surface area contributed by atoms with Gasteiger partial charge in [-0.05, 0) is 51.0 Å². The molecule has 1 aliphatic rings. The largest absolute Gasteiger partial charge is 0.444 e. The number of rotatable bonds is 4. The lowest BCUT2D eigenvalue weighted by atomic mass is 10.0. The van der Waals surface area contributed by atoms with Gasteiger partial charge >= 0.3 is 6.09 Å². The van der Waals surface area contributed by atoms with Crippen LogP contribution in [0.4, 0.5) is 10.7 Å². The lowest BCUT2D eigenvalue weighted by Crippen LogP contribution is -2.34. The van der Waals surface area contributed by atoms with Crippen LogP contribution < -0.4 is 11.1 Å². The van der Waals surface area contributed by atoms with Crippen molar-refractivity contribution in [1.29, 1.82) is 0 Å². The van der Waals surface area contributed by atoms with Crippen molar-refractivity contribution in [2.75, 3.05) is 6.54 Å². The Morgan fingerprint density at radius 1 is 1.35 bits per heavy atom. The van der Waals surface area contributed by atoms with Gasteiger partial charge in [0.25, 0.3) is 0 Å². The van der Waals surface area contributed by atoms with E-state index in [4.69, 9.17) is 45.9 Å². The molecule has 10 heteroatoms. The normalized spacial score (nSPS) is 16.0. The van der Waals surface area contributed by atoms with E-state index in [1.54, 1.807) is 39.1 Å². The predicted octanol–water partition coefficient (Wildman–Crippen LogP) is 4.97. The number of carbonyl (C=O) groups is 1. The zero-order valence-corrected chi connectivity index (χ0v) is 19.9. The van der Waals surface area contributed by atoms with E-state index in [1.165, 1.54) is 0 Å². The van der Waals surface area contributed by atoms with Crippen LogP contribution in [0.2, 0.25) is 10.0 Å². The number of amides is 1. The number of nitrogens with zero attached hydrogens (tertiary/aromatic N) is 3. The Morgan fingerprint density at radius 3 is 2.68 bits per heavy atom. The monoisotopic (exact) mass is 479 g/mol. The number of carbonyl (C=O) groups excluding carboxylic acids is 1. The second-order valence-electron chi connectivity index (χ2n) is 8.05. The van der Waals surface area contributed by atoms with Crippen molar-refractivity contribution in [2.45, 2.75) is 39.3 Å². The van der Waals surface area contributed by atoms with Gasteiger partial charge in [0.05, 0.1) is 6.04 Å². The molecular formula is C21H23Cl2N5O2S. The average molecular weight is 480 g/mol. The molecular weight excluding hydrogens is 457 g/mol. The predicted molar refractivity (Wildman–Crippen MR) is 128 cm³/mol. The fraction of sp³-hybridized carbons (Fsp3) is 0.333. The minimum absolute atomic E-state index is 0.171. The van der Waals surface area contributed by atoms with E-state index < -0.39 is 11.7 Å². The zero-order chi connectivity index (χ0) is 22.9. The van der Waals surface area contributed by atoms with Crippen LogP contribution in [0, 0.1) is 0 Å². The van der Waals surface area contributed by atoms with Crippen LogP contribution in [0.25, 0.3) is 0 Å². The third kappa shape index (κ3) is 5.64. The van der Waals surface area contributed by atoms with Gasteiger partial charge in [-0.1, -0.05) is 47.6 Å². The highest BCUT2D eigenvalue weighted by Gasteiger charge is 2.25. The van der Waals surface area contributed by atoms with Gasteiger partial charge in [-0.2, -0.15) is 0 Å². The maximum Gasteiger partial charge on any atom is 0.407 e.